The molecular formula is C18H27NO6. The van der Waals surface area contributed by atoms with Crippen molar-refractivity contribution in [3.05, 3.63) is 11.6 Å². The number of aromatic hydroxyl groups is 2. The number of esters is 2. The summed E-state index contributed by atoms with van der Waals surface area (Å²) in [5, 5.41) is 19.8. The summed E-state index contributed by atoms with van der Waals surface area (Å²) >= 11 is 0. The SMILES string of the molecule is Cc1cc(O)n(CC2CCC(C(=O)OCOC(=O)C(C)C)CC2)c1O. The van der Waals surface area contributed by atoms with E-state index in [9.17, 15) is 19.8 Å². The predicted octanol–water partition coefficient (Wildman–Crippen LogP) is 2.71. The maximum atomic E-state index is 12.0. The van der Waals surface area contributed by atoms with Gasteiger partial charge >= 0.3 is 11.9 Å². The molecule has 7 nitrogen and oxygen atoms in total. The molecule has 1 heterocycles. The average molecular weight is 353 g/mol. The molecule has 0 spiro atoms. The molecule has 1 aliphatic rings. The van der Waals surface area contributed by atoms with Gasteiger partial charge in [-0.15, -0.1) is 0 Å². The van der Waals surface area contributed by atoms with E-state index in [1.165, 1.54) is 10.6 Å². The van der Waals surface area contributed by atoms with Gasteiger partial charge in [-0.25, -0.2) is 0 Å². The van der Waals surface area contributed by atoms with Crippen molar-refractivity contribution >= 4 is 11.9 Å². The second-order valence-electron chi connectivity index (χ2n) is 7.04. The standard InChI is InChI=1S/C18H27NO6/c1-11(2)17(22)24-10-25-18(23)14-6-4-13(5-7-14)9-19-15(20)8-12(3)16(19)21/h8,11,13-14,20-21H,4-7,9-10H2,1-3H3. The quantitative estimate of drug-likeness (QED) is 0.603. The fourth-order valence-corrected chi connectivity index (χ4v) is 3.11. The summed E-state index contributed by atoms with van der Waals surface area (Å²) in [6.45, 7) is 5.37. The molecule has 0 aromatic carbocycles. The summed E-state index contributed by atoms with van der Waals surface area (Å²) in [4.78, 5) is 23.3. The van der Waals surface area contributed by atoms with Crippen molar-refractivity contribution in [2.75, 3.05) is 6.79 Å². The third-order valence-corrected chi connectivity index (χ3v) is 4.73. The molecule has 25 heavy (non-hydrogen) atoms. The van der Waals surface area contributed by atoms with Gasteiger partial charge in [0.1, 0.15) is 0 Å². The average Bonchev–Trinajstić information content (AvgIpc) is 2.81. The highest BCUT2D eigenvalue weighted by atomic mass is 16.7. The first kappa shape index (κ1) is 19.1. The number of aryl methyl sites for hydroxylation is 1. The van der Waals surface area contributed by atoms with Gasteiger partial charge in [0.25, 0.3) is 0 Å². The van der Waals surface area contributed by atoms with Crippen molar-refractivity contribution in [2.45, 2.75) is 53.0 Å². The highest BCUT2D eigenvalue weighted by molar-refractivity contribution is 5.73. The van der Waals surface area contributed by atoms with Crippen molar-refractivity contribution in [1.82, 2.24) is 4.57 Å². The number of carbonyl (C=O) groups excluding carboxylic acids is 2. The third-order valence-electron chi connectivity index (χ3n) is 4.73. The molecule has 0 saturated heterocycles. The lowest BCUT2D eigenvalue weighted by Crippen LogP contribution is -2.26. The largest absolute Gasteiger partial charge is 0.494 e. The number of carbonyl (C=O) groups is 2. The maximum absolute atomic E-state index is 12.0. The normalized spacial score (nSPS) is 20.5. The van der Waals surface area contributed by atoms with Gasteiger partial charge in [0.15, 0.2) is 11.8 Å². The van der Waals surface area contributed by atoms with Crippen LogP contribution in [0.25, 0.3) is 0 Å². The first-order chi connectivity index (χ1) is 11.8. The summed E-state index contributed by atoms with van der Waals surface area (Å²) in [5.74, 6) is -0.738. The molecule has 7 heteroatoms. The third kappa shape index (κ3) is 4.90. The molecule has 0 amide bonds. The lowest BCUT2D eigenvalue weighted by Gasteiger charge is -2.27. The number of hydrogen-bond acceptors (Lipinski definition) is 6. The van der Waals surface area contributed by atoms with Gasteiger partial charge in [-0.3, -0.25) is 14.2 Å². The van der Waals surface area contributed by atoms with E-state index in [0.29, 0.717) is 24.9 Å². The Labute approximate surface area is 147 Å². The van der Waals surface area contributed by atoms with Crippen LogP contribution >= 0.6 is 0 Å². The Kier molecular flexibility index (Phi) is 6.33. The van der Waals surface area contributed by atoms with Gasteiger partial charge in [-0.1, -0.05) is 13.8 Å². The maximum Gasteiger partial charge on any atom is 0.311 e. The lowest BCUT2D eigenvalue weighted by molar-refractivity contribution is -0.172. The van der Waals surface area contributed by atoms with Gasteiger partial charge in [0.05, 0.1) is 11.8 Å². The zero-order valence-corrected chi connectivity index (χ0v) is 15.0. The number of aromatic nitrogens is 1. The molecule has 2 rings (SSSR count). The van der Waals surface area contributed by atoms with Crippen LogP contribution < -0.4 is 0 Å². The molecule has 0 atom stereocenters. The summed E-state index contributed by atoms with van der Waals surface area (Å²) in [7, 11) is 0. The Morgan fingerprint density at radius 2 is 1.84 bits per heavy atom. The van der Waals surface area contributed by atoms with Crippen LogP contribution in [0.4, 0.5) is 0 Å². The Morgan fingerprint density at radius 1 is 1.20 bits per heavy atom. The predicted molar refractivity (Wildman–Crippen MR) is 89.8 cm³/mol. The molecule has 1 saturated carbocycles. The van der Waals surface area contributed by atoms with E-state index in [1.807, 2.05) is 0 Å². The van der Waals surface area contributed by atoms with Crippen molar-refractivity contribution in [2.24, 2.45) is 17.8 Å². The molecule has 1 aromatic heterocycles. The van der Waals surface area contributed by atoms with Crippen LogP contribution in [-0.2, 0) is 25.6 Å². The van der Waals surface area contributed by atoms with E-state index >= 15 is 0 Å². The smallest absolute Gasteiger partial charge is 0.311 e. The topological polar surface area (TPSA) is 98.0 Å². The van der Waals surface area contributed by atoms with E-state index in [-0.39, 0.29) is 42.3 Å². The number of hydrogen-bond donors (Lipinski definition) is 2. The zero-order chi connectivity index (χ0) is 18.6. The van der Waals surface area contributed by atoms with Gasteiger partial charge in [-0.05, 0) is 38.5 Å². The Morgan fingerprint density at radius 3 is 2.36 bits per heavy atom. The van der Waals surface area contributed by atoms with Crippen LogP contribution in [0.15, 0.2) is 6.07 Å². The molecular weight excluding hydrogens is 326 g/mol. The number of rotatable bonds is 6. The van der Waals surface area contributed by atoms with E-state index in [4.69, 9.17) is 9.47 Å². The van der Waals surface area contributed by atoms with Crippen molar-refractivity contribution in [3.8, 4) is 11.8 Å². The minimum atomic E-state index is -0.391. The van der Waals surface area contributed by atoms with Crippen molar-refractivity contribution < 1.29 is 29.3 Å². The molecule has 140 valence electrons. The van der Waals surface area contributed by atoms with Crippen LogP contribution in [0.3, 0.4) is 0 Å². The van der Waals surface area contributed by atoms with Gasteiger partial charge in [-0.2, -0.15) is 0 Å². The molecule has 0 unspecified atom stereocenters. The first-order valence-electron chi connectivity index (χ1n) is 8.71. The minimum Gasteiger partial charge on any atom is -0.494 e. The van der Waals surface area contributed by atoms with Gasteiger partial charge in [0, 0.05) is 18.2 Å². The second-order valence-corrected chi connectivity index (χ2v) is 7.04. The fourth-order valence-electron chi connectivity index (χ4n) is 3.11. The summed E-state index contributed by atoms with van der Waals surface area (Å²) in [6.07, 6.45) is 2.98. The molecule has 1 aromatic rings. The molecule has 0 bridgehead atoms. The first-order valence-corrected chi connectivity index (χ1v) is 8.71. The summed E-state index contributed by atoms with van der Waals surface area (Å²) in [6, 6.07) is 1.54. The minimum absolute atomic E-state index is 0.0588. The van der Waals surface area contributed by atoms with E-state index in [0.717, 1.165) is 12.8 Å². The molecule has 2 N–H and O–H groups in total. The Hall–Kier alpha value is -2.18. The molecule has 0 radical (unpaired) electrons. The van der Waals surface area contributed by atoms with E-state index < -0.39 is 5.97 Å². The van der Waals surface area contributed by atoms with E-state index in [1.54, 1.807) is 20.8 Å². The zero-order valence-electron chi connectivity index (χ0n) is 15.0. The number of nitrogens with zero attached hydrogens (tertiary/aromatic N) is 1. The van der Waals surface area contributed by atoms with Crippen LogP contribution in [0.5, 0.6) is 11.8 Å². The second kappa shape index (κ2) is 8.27. The van der Waals surface area contributed by atoms with Gasteiger partial charge < -0.3 is 19.7 Å². The van der Waals surface area contributed by atoms with Crippen molar-refractivity contribution in [3.63, 3.8) is 0 Å². The molecule has 0 aliphatic heterocycles. The van der Waals surface area contributed by atoms with Crippen LogP contribution in [0, 0.1) is 24.7 Å². The lowest BCUT2D eigenvalue weighted by atomic mass is 9.82. The fraction of sp³-hybridized carbons (Fsp3) is 0.667. The monoisotopic (exact) mass is 353 g/mol. The van der Waals surface area contributed by atoms with E-state index in [2.05, 4.69) is 0 Å². The number of ether oxygens (including phenoxy) is 2. The highest BCUT2D eigenvalue weighted by Crippen LogP contribution is 2.34. The Balaban J connectivity index is 1.75. The van der Waals surface area contributed by atoms with Gasteiger partial charge in [0.2, 0.25) is 6.79 Å². The van der Waals surface area contributed by atoms with Crippen LogP contribution in [0.2, 0.25) is 0 Å². The van der Waals surface area contributed by atoms with Crippen molar-refractivity contribution in [1.29, 1.82) is 0 Å². The summed E-state index contributed by atoms with van der Waals surface area (Å²) in [5.41, 5.74) is 0.644. The summed E-state index contributed by atoms with van der Waals surface area (Å²) < 4.78 is 11.4. The molecule has 1 fully saturated rings. The molecule has 1 aliphatic carbocycles. The van der Waals surface area contributed by atoms with Crippen LogP contribution in [-0.4, -0.2) is 33.5 Å². The highest BCUT2D eigenvalue weighted by Gasteiger charge is 2.28. The van der Waals surface area contributed by atoms with Crippen LogP contribution in [0.1, 0.15) is 45.1 Å². The Bertz CT molecular complexity index is 613.